The maximum absolute atomic E-state index is 11.7. The summed E-state index contributed by atoms with van der Waals surface area (Å²) < 4.78 is 10.3. The van der Waals surface area contributed by atoms with Crippen molar-refractivity contribution in [1.29, 1.82) is 0 Å². The van der Waals surface area contributed by atoms with E-state index in [9.17, 15) is 4.79 Å². The molecule has 1 aliphatic rings. The van der Waals surface area contributed by atoms with Crippen LogP contribution < -0.4 is 10.6 Å². The van der Waals surface area contributed by atoms with Gasteiger partial charge in [0.25, 0.3) is 0 Å². The number of aromatic nitrogens is 1. The van der Waals surface area contributed by atoms with E-state index in [-0.39, 0.29) is 18.2 Å². The highest BCUT2D eigenvalue weighted by atomic mass is 16.5. The molecule has 0 aliphatic carbocycles. The number of hydrogen-bond donors (Lipinski definition) is 2. The third-order valence-corrected chi connectivity index (χ3v) is 3.05. The second kappa shape index (κ2) is 6.39. The number of nitrogens with one attached hydrogen (secondary N) is 2. The van der Waals surface area contributed by atoms with E-state index in [4.69, 9.17) is 4.74 Å². The van der Waals surface area contributed by atoms with E-state index in [0.717, 1.165) is 25.9 Å². The smallest absolute Gasteiger partial charge is 0.315 e. The first-order valence-electron chi connectivity index (χ1n) is 6.31. The molecule has 1 aliphatic heterocycles. The SMILES string of the molecule is CC(NC(=O)NCc1ccon1)C1CCCCO1. The fraction of sp³-hybridized carbons (Fsp3) is 0.667. The number of amides is 2. The fourth-order valence-corrected chi connectivity index (χ4v) is 2.01. The molecule has 2 amide bonds. The van der Waals surface area contributed by atoms with Gasteiger partial charge in [-0.25, -0.2) is 4.79 Å². The molecule has 1 aromatic heterocycles. The van der Waals surface area contributed by atoms with E-state index in [1.165, 1.54) is 6.26 Å². The minimum absolute atomic E-state index is 0.0163. The van der Waals surface area contributed by atoms with E-state index < -0.39 is 0 Å². The van der Waals surface area contributed by atoms with E-state index >= 15 is 0 Å². The van der Waals surface area contributed by atoms with Gasteiger partial charge in [0, 0.05) is 12.7 Å². The maximum atomic E-state index is 11.7. The zero-order valence-corrected chi connectivity index (χ0v) is 10.5. The van der Waals surface area contributed by atoms with Gasteiger partial charge in [0.05, 0.1) is 18.7 Å². The van der Waals surface area contributed by atoms with Crippen LogP contribution in [0.4, 0.5) is 4.79 Å². The van der Waals surface area contributed by atoms with E-state index in [2.05, 4.69) is 20.3 Å². The van der Waals surface area contributed by atoms with Crippen molar-refractivity contribution in [3.63, 3.8) is 0 Å². The third-order valence-electron chi connectivity index (χ3n) is 3.05. The Kier molecular flexibility index (Phi) is 4.58. The van der Waals surface area contributed by atoms with Gasteiger partial charge in [0.1, 0.15) is 12.0 Å². The quantitative estimate of drug-likeness (QED) is 0.851. The molecule has 0 aromatic carbocycles. The molecular weight excluding hydrogens is 234 g/mol. The number of carbonyl (C=O) groups is 1. The maximum Gasteiger partial charge on any atom is 0.315 e. The molecule has 100 valence electrons. The molecule has 0 bridgehead atoms. The number of urea groups is 1. The molecular formula is C12H19N3O3. The number of carbonyl (C=O) groups excluding carboxylic acids is 1. The third kappa shape index (κ3) is 3.73. The van der Waals surface area contributed by atoms with Crippen LogP contribution in [0.5, 0.6) is 0 Å². The number of rotatable bonds is 4. The van der Waals surface area contributed by atoms with E-state index in [1.54, 1.807) is 6.07 Å². The molecule has 0 saturated carbocycles. The lowest BCUT2D eigenvalue weighted by atomic mass is 10.0. The highest BCUT2D eigenvalue weighted by molar-refractivity contribution is 5.74. The van der Waals surface area contributed by atoms with Crippen LogP contribution in [-0.2, 0) is 11.3 Å². The Balaban J connectivity index is 1.69. The summed E-state index contributed by atoms with van der Waals surface area (Å²) in [5.41, 5.74) is 0.701. The monoisotopic (exact) mass is 253 g/mol. The Hall–Kier alpha value is -1.56. The Bertz CT molecular complexity index is 361. The van der Waals surface area contributed by atoms with Crippen molar-refractivity contribution in [2.24, 2.45) is 0 Å². The van der Waals surface area contributed by atoms with E-state index in [0.29, 0.717) is 12.2 Å². The van der Waals surface area contributed by atoms with Crippen LogP contribution in [0.3, 0.4) is 0 Å². The normalized spacial score (nSPS) is 21.3. The number of hydrogen-bond acceptors (Lipinski definition) is 4. The molecule has 0 spiro atoms. The molecule has 1 fully saturated rings. The second-order valence-electron chi connectivity index (χ2n) is 4.51. The summed E-state index contributed by atoms with van der Waals surface area (Å²) in [5, 5.41) is 9.32. The lowest BCUT2D eigenvalue weighted by Gasteiger charge is -2.28. The van der Waals surface area contributed by atoms with Crippen LogP contribution in [0.1, 0.15) is 31.9 Å². The molecule has 2 heterocycles. The van der Waals surface area contributed by atoms with Gasteiger partial charge in [-0.15, -0.1) is 0 Å². The van der Waals surface area contributed by atoms with Gasteiger partial charge < -0.3 is 19.9 Å². The molecule has 6 heteroatoms. The zero-order chi connectivity index (χ0) is 12.8. The summed E-state index contributed by atoms with van der Waals surface area (Å²) in [6.45, 7) is 3.11. The topological polar surface area (TPSA) is 76.4 Å². The molecule has 1 aromatic rings. The molecule has 2 N–H and O–H groups in total. The standard InChI is InChI=1S/C12H19N3O3/c1-9(11-4-2-3-6-17-11)14-12(16)13-8-10-5-7-18-15-10/h5,7,9,11H,2-4,6,8H2,1H3,(H2,13,14,16). The first kappa shape index (κ1) is 12.9. The van der Waals surface area contributed by atoms with Crippen LogP contribution in [0.15, 0.2) is 16.9 Å². The Morgan fingerprint density at radius 3 is 3.17 bits per heavy atom. The predicted octanol–water partition coefficient (Wildman–Crippen LogP) is 1.43. The minimum Gasteiger partial charge on any atom is -0.376 e. The molecule has 6 nitrogen and oxygen atoms in total. The zero-order valence-electron chi connectivity index (χ0n) is 10.5. The average Bonchev–Trinajstić information content (AvgIpc) is 2.90. The van der Waals surface area contributed by atoms with Gasteiger partial charge in [-0.3, -0.25) is 0 Å². The lowest BCUT2D eigenvalue weighted by Crippen LogP contribution is -2.47. The lowest BCUT2D eigenvalue weighted by molar-refractivity contribution is -0.00136. The summed E-state index contributed by atoms with van der Waals surface area (Å²) in [5.74, 6) is 0. The number of ether oxygens (including phenoxy) is 1. The van der Waals surface area contributed by atoms with Crippen LogP contribution in [0.2, 0.25) is 0 Å². The van der Waals surface area contributed by atoms with Crippen molar-refractivity contribution in [3.8, 4) is 0 Å². The minimum atomic E-state index is -0.209. The highest BCUT2D eigenvalue weighted by Crippen LogP contribution is 2.15. The van der Waals surface area contributed by atoms with Crippen molar-refractivity contribution < 1.29 is 14.1 Å². The summed E-state index contributed by atoms with van der Waals surface area (Å²) in [7, 11) is 0. The van der Waals surface area contributed by atoms with Gasteiger partial charge >= 0.3 is 6.03 Å². The largest absolute Gasteiger partial charge is 0.376 e. The van der Waals surface area contributed by atoms with Crippen LogP contribution in [0, 0.1) is 0 Å². The van der Waals surface area contributed by atoms with Crippen molar-refractivity contribution in [2.45, 2.75) is 44.9 Å². The number of nitrogens with zero attached hydrogens (tertiary/aromatic N) is 1. The summed E-state index contributed by atoms with van der Waals surface area (Å²) in [4.78, 5) is 11.7. The summed E-state index contributed by atoms with van der Waals surface area (Å²) >= 11 is 0. The first-order chi connectivity index (χ1) is 8.75. The first-order valence-corrected chi connectivity index (χ1v) is 6.31. The predicted molar refractivity (Wildman–Crippen MR) is 64.9 cm³/mol. The molecule has 18 heavy (non-hydrogen) atoms. The average molecular weight is 253 g/mol. The van der Waals surface area contributed by atoms with Crippen molar-refractivity contribution in [1.82, 2.24) is 15.8 Å². The summed E-state index contributed by atoms with van der Waals surface area (Å²) in [6, 6.07) is 1.52. The molecule has 1 saturated heterocycles. The Morgan fingerprint density at radius 1 is 1.61 bits per heavy atom. The Labute approximate surface area is 106 Å². The van der Waals surface area contributed by atoms with Crippen molar-refractivity contribution in [2.75, 3.05) is 6.61 Å². The molecule has 2 atom stereocenters. The van der Waals surface area contributed by atoms with Gasteiger partial charge in [-0.1, -0.05) is 5.16 Å². The van der Waals surface area contributed by atoms with Gasteiger partial charge in [0.2, 0.25) is 0 Å². The fourth-order valence-electron chi connectivity index (χ4n) is 2.01. The molecule has 2 unspecified atom stereocenters. The summed E-state index contributed by atoms with van der Waals surface area (Å²) in [6.07, 6.45) is 4.88. The van der Waals surface area contributed by atoms with Crippen LogP contribution in [-0.4, -0.2) is 29.9 Å². The molecule has 0 radical (unpaired) electrons. The van der Waals surface area contributed by atoms with Gasteiger partial charge in [-0.05, 0) is 26.2 Å². The van der Waals surface area contributed by atoms with Gasteiger partial charge in [0.15, 0.2) is 0 Å². The van der Waals surface area contributed by atoms with Crippen LogP contribution >= 0.6 is 0 Å². The van der Waals surface area contributed by atoms with Gasteiger partial charge in [-0.2, -0.15) is 0 Å². The van der Waals surface area contributed by atoms with E-state index in [1.807, 2.05) is 6.92 Å². The second-order valence-corrected chi connectivity index (χ2v) is 4.51. The highest BCUT2D eigenvalue weighted by Gasteiger charge is 2.22. The van der Waals surface area contributed by atoms with Crippen LogP contribution in [0.25, 0.3) is 0 Å². The Morgan fingerprint density at radius 2 is 2.50 bits per heavy atom. The van der Waals surface area contributed by atoms with Crippen molar-refractivity contribution >= 4 is 6.03 Å². The van der Waals surface area contributed by atoms with Crippen molar-refractivity contribution in [3.05, 3.63) is 18.0 Å². The molecule has 2 rings (SSSR count).